The van der Waals surface area contributed by atoms with Gasteiger partial charge in [0.05, 0.1) is 5.56 Å². The zero-order chi connectivity index (χ0) is 15.4. The van der Waals surface area contributed by atoms with Crippen molar-refractivity contribution in [3.63, 3.8) is 0 Å². The number of nitrogens with zero attached hydrogens (tertiary/aromatic N) is 1. The van der Waals surface area contributed by atoms with Gasteiger partial charge in [-0.05, 0) is 24.6 Å². The number of aromatic hydroxyl groups is 1. The Bertz CT molecular complexity index is 604. The van der Waals surface area contributed by atoms with Crippen molar-refractivity contribution in [2.45, 2.75) is 26.2 Å². The number of phenols is 1. The highest BCUT2D eigenvalue weighted by molar-refractivity contribution is 6.02. The summed E-state index contributed by atoms with van der Waals surface area (Å²) < 4.78 is 0. The lowest BCUT2D eigenvalue weighted by atomic mass is 10.1. The van der Waals surface area contributed by atoms with E-state index in [9.17, 15) is 19.5 Å². The lowest BCUT2D eigenvalue weighted by Crippen LogP contribution is -2.32. The minimum atomic E-state index is -0.815. The third-order valence-corrected chi connectivity index (χ3v) is 2.98. The molecule has 2 rings (SSSR count). The zero-order valence-electron chi connectivity index (χ0n) is 11.5. The summed E-state index contributed by atoms with van der Waals surface area (Å²) in [6.07, 6.45) is 4.39. The third kappa shape index (κ3) is 3.28. The van der Waals surface area contributed by atoms with Gasteiger partial charge in [-0.1, -0.05) is 19.1 Å². The summed E-state index contributed by atoms with van der Waals surface area (Å²) in [6, 6.07) is 4.17. The van der Waals surface area contributed by atoms with Crippen LogP contribution in [0.2, 0.25) is 0 Å². The van der Waals surface area contributed by atoms with E-state index in [0.717, 1.165) is 6.42 Å². The first-order valence-electron chi connectivity index (χ1n) is 6.60. The summed E-state index contributed by atoms with van der Waals surface area (Å²) in [5.41, 5.74) is 0.612. The second-order valence-electron chi connectivity index (χ2n) is 4.54. The van der Waals surface area contributed by atoms with Gasteiger partial charge in [-0.3, -0.25) is 9.59 Å². The summed E-state index contributed by atoms with van der Waals surface area (Å²) in [4.78, 5) is 39.5. The van der Waals surface area contributed by atoms with Crippen LogP contribution >= 0.6 is 0 Å². The fourth-order valence-electron chi connectivity index (χ4n) is 1.85. The van der Waals surface area contributed by atoms with Crippen LogP contribution in [-0.4, -0.2) is 28.0 Å². The molecule has 0 bridgehead atoms. The van der Waals surface area contributed by atoms with E-state index in [4.69, 9.17) is 4.84 Å². The average Bonchev–Trinajstić information content (AvgIpc) is 2.78. The molecule has 0 aromatic heterocycles. The average molecular weight is 289 g/mol. The SMILES string of the molecule is CC/C=C/c1cc(C(=O)ON2C(=O)CCC2=O)ccc1O. The summed E-state index contributed by atoms with van der Waals surface area (Å²) >= 11 is 0. The molecule has 0 radical (unpaired) electrons. The Morgan fingerprint density at radius 2 is 2.00 bits per heavy atom. The van der Waals surface area contributed by atoms with E-state index in [1.54, 1.807) is 6.08 Å². The molecule has 1 N–H and O–H groups in total. The molecular formula is C15H15NO5. The Hall–Kier alpha value is -2.63. The molecule has 1 saturated heterocycles. The summed E-state index contributed by atoms with van der Waals surface area (Å²) in [5, 5.41) is 10.2. The van der Waals surface area contributed by atoms with E-state index in [1.165, 1.54) is 18.2 Å². The molecule has 0 saturated carbocycles. The van der Waals surface area contributed by atoms with Crippen LogP contribution in [0.5, 0.6) is 5.75 Å². The molecule has 0 atom stereocenters. The Labute approximate surface area is 121 Å². The lowest BCUT2D eigenvalue weighted by Gasteiger charge is -2.12. The number of carbonyl (C=O) groups is 3. The highest BCUT2D eigenvalue weighted by Crippen LogP contribution is 2.22. The maximum Gasteiger partial charge on any atom is 0.363 e. The van der Waals surface area contributed by atoms with Crippen molar-refractivity contribution < 1.29 is 24.3 Å². The molecule has 1 aromatic carbocycles. The molecule has 1 fully saturated rings. The summed E-state index contributed by atoms with van der Waals surface area (Å²) in [7, 11) is 0. The second-order valence-corrected chi connectivity index (χ2v) is 4.54. The van der Waals surface area contributed by atoms with Crippen molar-refractivity contribution in [3.8, 4) is 5.75 Å². The third-order valence-electron chi connectivity index (χ3n) is 2.98. The molecule has 0 unspecified atom stereocenters. The maximum atomic E-state index is 12.0. The van der Waals surface area contributed by atoms with Crippen molar-refractivity contribution in [3.05, 3.63) is 35.4 Å². The van der Waals surface area contributed by atoms with Gasteiger partial charge in [0.1, 0.15) is 5.75 Å². The number of rotatable bonds is 4. The Balaban J connectivity index is 2.17. The first-order chi connectivity index (χ1) is 10.0. The lowest BCUT2D eigenvalue weighted by molar-refractivity contribution is -0.172. The first-order valence-corrected chi connectivity index (χ1v) is 6.60. The first kappa shape index (κ1) is 14.8. The van der Waals surface area contributed by atoms with E-state index in [2.05, 4.69) is 0 Å². The molecule has 6 nitrogen and oxygen atoms in total. The standard InChI is InChI=1S/C15H15NO5/c1-2-3-4-10-9-11(5-6-12(10)17)15(20)21-16-13(18)7-8-14(16)19/h3-6,9,17H,2,7-8H2,1H3/b4-3+. The normalized spacial score (nSPS) is 15.0. The predicted octanol–water partition coefficient (Wildman–Crippen LogP) is 2.04. The van der Waals surface area contributed by atoms with Crippen LogP contribution in [0.1, 0.15) is 42.1 Å². The van der Waals surface area contributed by atoms with Gasteiger partial charge in [0.15, 0.2) is 0 Å². The van der Waals surface area contributed by atoms with Crippen LogP contribution < -0.4 is 0 Å². The molecule has 110 valence electrons. The number of benzene rings is 1. The van der Waals surface area contributed by atoms with Gasteiger partial charge in [-0.15, -0.1) is 5.06 Å². The van der Waals surface area contributed by atoms with Crippen LogP contribution in [0, 0.1) is 0 Å². The fraction of sp³-hybridized carbons (Fsp3) is 0.267. The maximum absolute atomic E-state index is 12.0. The summed E-state index contributed by atoms with van der Waals surface area (Å²) in [5.74, 6) is -1.84. The van der Waals surface area contributed by atoms with Crippen LogP contribution in [0.3, 0.4) is 0 Å². The molecule has 0 aliphatic carbocycles. The van der Waals surface area contributed by atoms with E-state index < -0.39 is 17.8 Å². The number of hydrogen-bond donors (Lipinski definition) is 1. The van der Waals surface area contributed by atoms with Gasteiger partial charge in [0, 0.05) is 18.4 Å². The predicted molar refractivity (Wildman–Crippen MR) is 73.9 cm³/mol. The Morgan fingerprint density at radius 1 is 1.33 bits per heavy atom. The quantitative estimate of drug-likeness (QED) is 0.857. The topological polar surface area (TPSA) is 83.9 Å². The zero-order valence-corrected chi connectivity index (χ0v) is 11.5. The van der Waals surface area contributed by atoms with Crippen LogP contribution in [0.15, 0.2) is 24.3 Å². The molecule has 1 heterocycles. The monoisotopic (exact) mass is 289 g/mol. The molecule has 1 aliphatic heterocycles. The number of imide groups is 1. The van der Waals surface area contributed by atoms with Gasteiger partial charge in [0.25, 0.3) is 11.8 Å². The number of amides is 2. The fourth-order valence-corrected chi connectivity index (χ4v) is 1.85. The number of hydrogen-bond acceptors (Lipinski definition) is 5. The van der Waals surface area contributed by atoms with Crippen molar-refractivity contribution in [2.75, 3.05) is 0 Å². The van der Waals surface area contributed by atoms with Crippen LogP contribution in [-0.2, 0) is 14.4 Å². The van der Waals surface area contributed by atoms with Gasteiger partial charge in [-0.25, -0.2) is 4.79 Å². The summed E-state index contributed by atoms with van der Waals surface area (Å²) in [6.45, 7) is 1.94. The van der Waals surface area contributed by atoms with Gasteiger partial charge in [0.2, 0.25) is 0 Å². The van der Waals surface area contributed by atoms with Crippen molar-refractivity contribution in [1.82, 2.24) is 5.06 Å². The van der Waals surface area contributed by atoms with E-state index in [1.807, 2.05) is 13.0 Å². The Kier molecular flexibility index (Phi) is 4.37. The van der Waals surface area contributed by atoms with Gasteiger partial charge < -0.3 is 9.94 Å². The van der Waals surface area contributed by atoms with Gasteiger partial charge in [-0.2, -0.15) is 0 Å². The number of hydroxylamine groups is 2. The van der Waals surface area contributed by atoms with Gasteiger partial charge >= 0.3 is 5.97 Å². The molecule has 1 aliphatic rings. The van der Waals surface area contributed by atoms with Crippen molar-refractivity contribution in [1.29, 1.82) is 0 Å². The highest BCUT2D eigenvalue weighted by atomic mass is 16.7. The Morgan fingerprint density at radius 3 is 2.62 bits per heavy atom. The number of carbonyl (C=O) groups excluding carboxylic acids is 3. The molecule has 1 aromatic rings. The second kappa shape index (κ2) is 6.21. The molecule has 0 spiro atoms. The minimum Gasteiger partial charge on any atom is -0.507 e. The minimum absolute atomic E-state index is 0.0320. The largest absolute Gasteiger partial charge is 0.507 e. The van der Waals surface area contributed by atoms with E-state index >= 15 is 0 Å². The molecular weight excluding hydrogens is 274 g/mol. The number of phenolic OH excluding ortho intramolecular Hbond substituents is 1. The highest BCUT2D eigenvalue weighted by Gasteiger charge is 2.33. The van der Waals surface area contributed by atoms with E-state index in [-0.39, 0.29) is 24.2 Å². The van der Waals surface area contributed by atoms with Crippen LogP contribution in [0.4, 0.5) is 0 Å². The molecule has 6 heteroatoms. The molecule has 21 heavy (non-hydrogen) atoms. The van der Waals surface area contributed by atoms with Crippen LogP contribution in [0.25, 0.3) is 6.08 Å². The molecule has 2 amide bonds. The van der Waals surface area contributed by atoms with E-state index in [0.29, 0.717) is 10.6 Å². The smallest absolute Gasteiger partial charge is 0.363 e. The van der Waals surface area contributed by atoms with Crippen molar-refractivity contribution in [2.24, 2.45) is 0 Å². The van der Waals surface area contributed by atoms with Crippen molar-refractivity contribution >= 4 is 23.9 Å². The number of allylic oxidation sites excluding steroid dienone is 1.